The SMILES string of the molecule is [2H]c1c([2H])c(N(c2cccc(-c3cccc4oc5c6ccccc6ccc5c34)c2)c2c([2H])c([2H])c([2H])c3c([2H])c([2H])c([2H])c([2H])c23)c([2H])c([2H])c1-c1cccc2c1C(C)(C)c1ccccc1-2. The molecule has 0 N–H and O–H groups in total. The van der Waals surface area contributed by atoms with E-state index in [1.807, 2.05) is 97.1 Å². The zero-order valence-corrected chi connectivity index (χ0v) is 29.9. The number of fused-ring (bicyclic) bond motifs is 9. The molecule has 0 bridgehead atoms. The van der Waals surface area contributed by atoms with Gasteiger partial charge in [0.2, 0.25) is 0 Å². The minimum absolute atomic E-state index is 0.0757. The van der Waals surface area contributed by atoms with Crippen LogP contribution in [-0.2, 0) is 5.41 Å². The van der Waals surface area contributed by atoms with Crippen LogP contribution in [0.3, 0.4) is 0 Å². The van der Waals surface area contributed by atoms with Gasteiger partial charge in [0.05, 0.1) is 20.8 Å². The number of rotatable bonds is 5. The first-order valence-corrected chi connectivity index (χ1v) is 18.2. The summed E-state index contributed by atoms with van der Waals surface area (Å²) in [5.74, 6) is 0. The molecule has 11 rings (SSSR count). The number of benzene rings is 9. The highest BCUT2D eigenvalue weighted by Gasteiger charge is 2.37. The molecule has 260 valence electrons. The van der Waals surface area contributed by atoms with Gasteiger partial charge in [-0.2, -0.15) is 0 Å². The van der Waals surface area contributed by atoms with Gasteiger partial charge < -0.3 is 9.32 Å². The molecule has 10 aromatic rings. The molecule has 1 aromatic heterocycles. The second-order valence-corrected chi connectivity index (χ2v) is 14.4. The van der Waals surface area contributed by atoms with Crippen LogP contribution >= 0.6 is 0 Å². The maximum absolute atomic E-state index is 9.84. The number of hydrogen-bond acceptors (Lipinski definition) is 2. The third kappa shape index (κ3) is 4.81. The van der Waals surface area contributed by atoms with Crippen LogP contribution in [0, 0.1) is 0 Å². The van der Waals surface area contributed by atoms with Crippen molar-refractivity contribution in [1.82, 2.24) is 0 Å². The van der Waals surface area contributed by atoms with Crippen molar-refractivity contribution in [2.75, 3.05) is 4.90 Å². The summed E-state index contributed by atoms with van der Waals surface area (Å²) in [7, 11) is 0. The summed E-state index contributed by atoms with van der Waals surface area (Å²) >= 11 is 0. The van der Waals surface area contributed by atoms with Crippen molar-refractivity contribution in [2.45, 2.75) is 19.3 Å². The zero-order chi connectivity index (χ0) is 46.2. The fraction of sp³-hybridized carbons (Fsp3) is 0.0566. The van der Waals surface area contributed by atoms with Crippen molar-refractivity contribution < 1.29 is 19.5 Å². The van der Waals surface area contributed by atoms with Gasteiger partial charge in [0.25, 0.3) is 0 Å². The van der Waals surface area contributed by atoms with Crippen LogP contribution in [0.1, 0.15) is 40.1 Å². The van der Waals surface area contributed by atoms with Crippen LogP contribution in [0.15, 0.2) is 192 Å². The van der Waals surface area contributed by atoms with Gasteiger partial charge in [0.15, 0.2) is 0 Å². The van der Waals surface area contributed by atoms with Crippen LogP contribution in [-0.4, -0.2) is 0 Å². The van der Waals surface area contributed by atoms with Gasteiger partial charge in [-0.3, -0.25) is 0 Å². The Balaban J connectivity index is 1.21. The van der Waals surface area contributed by atoms with Crippen LogP contribution in [0.25, 0.3) is 76.9 Å². The second kappa shape index (κ2) is 12.1. The third-order valence-corrected chi connectivity index (χ3v) is 11.0. The molecular formula is C53H37NO. The van der Waals surface area contributed by atoms with Crippen molar-refractivity contribution in [3.8, 4) is 33.4 Å². The van der Waals surface area contributed by atoms with E-state index < -0.39 is 59.8 Å². The van der Waals surface area contributed by atoms with Gasteiger partial charge in [0.1, 0.15) is 11.2 Å². The molecule has 2 nitrogen and oxygen atoms in total. The van der Waals surface area contributed by atoms with E-state index in [0.717, 1.165) is 49.4 Å². The lowest BCUT2D eigenvalue weighted by Gasteiger charge is -2.28. The molecule has 9 aromatic carbocycles. The monoisotopic (exact) mass is 714 g/mol. The summed E-state index contributed by atoms with van der Waals surface area (Å²) in [6.45, 7) is 4.15. The van der Waals surface area contributed by atoms with Crippen molar-refractivity contribution in [3.63, 3.8) is 0 Å². The average molecular weight is 715 g/mol. The summed E-state index contributed by atoms with van der Waals surface area (Å²) < 4.78 is 108. The molecule has 0 unspecified atom stereocenters. The largest absolute Gasteiger partial charge is 0.455 e. The number of hydrogen-bond donors (Lipinski definition) is 0. The molecule has 0 fully saturated rings. The normalized spacial score (nSPS) is 15.9. The first-order chi connectivity index (χ1) is 31.6. The Hall–Kier alpha value is -6.90. The molecule has 2 heteroatoms. The summed E-state index contributed by atoms with van der Waals surface area (Å²) in [4.78, 5) is 1.30. The molecule has 0 radical (unpaired) electrons. The first-order valence-electron chi connectivity index (χ1n) is 23.7. The number of anilines is 3. The second-order valence-electron chi connectivity index (χ2n) is 14.4. The maximum Gasteiger partial charge on any atom is 0.143 e. The van der Waals surface area contributed by atoms with E-state index in [4.69, 9.17) is 11.3 Å². The van der Waals surface area contributed by atoms with E-state index in [9.17, 15) is 8.22 Å². The van der Waals surface area contributed by atoms with Gasteiger partial charge in [-0.25, -0.2) is 0 Å². The molecule has 0 saturated heterocycles. The lowest BCUT2D eigenvalue weighted by molar-refractivity contribution is 0.662. The average Bonchev–Trinajstić information content (AvgIpc) is 3.83. The zero-order valence-electron chi connectivity index (χ0n) is 40.9. The minimum Gasteiger partial charge on any atom is -0.455 e. The Morgan fingerprint density at radius 3 is 2.18 bits per heavy atom. The predicted molar refractivity (Wildman–Crippen MR) is 232 cm³/mol. The minimum atomic E-state index is -0.640. The van der Waals surface area contributed by atoms with Crippen LogP contribution in [0.5, 0.6) is 0 Å². The summed E-state index contributed by atoms with van der Waals surface area (Å²) in [5, 5.41) is 3.07. The van der Waals surface area contributed by atoms with E-state index >= 15 is 0 Å². The Morgan fingerprint density at radius 2 is 1.25 bits per heavy atom. The standard InChI is InChI=1S/C53H37NO/c1-53(2)47-24-8-7-20-44(47)45-23-11-22-42(51(45)53)36-27-30-38(31-28-36)54(48-25-10-15-34-13-3-5-18-40(34)48)39-17-9-16-37(33-39)41-21-12-26-49-50(41)46-32-29-35-14-4-6-19-43(35)52(46)55-49/h3-33H,1-2H3/i3D,5D,10D,13D,15D,18D,25D,27D,28D,30D,31D. The molecule has 1 heterocycles. The van der Waals surface area contributed by atoms with E-state index in [0.29, 0.717) is 22.3 Å². The highest BCUT2D eigenvalue weighted by atomic mass is 16.3. The van der Waals surface area contributed by atoms with Crippen LogP contribution in [0.4, 0.5) is 17.1 Å². The van der Waals surface area contributed by atoms with Gasteiger partial charge in [-0.1, -0.05) is 159 Å². The van der Waals surface area contributed by atoms with Gasteiger partial charge in [-0.05, 0) is 97.7 Å². The Labute approximate surface area is 336 Å². The molecule has 1 aliphatic rings. The smallest absolute Gasteiger partial charge is 0.143 e. The van der Waals surface area contributed by atoms with Gasteiger partial charge in [-0.15, -0.1) is 0 Å². The van der Waals surface area contributed by atoms with E-state index in [2.05, 4.69) is 19.9 Å². The highest BCUT2D eigenvalue weighted by molar-refractivity contribution is 6.19. The van der Waals surface area contributed by atoms with E-state index in [1.54, 1.807) is 18.2 Å². The molecule has 1 aliphatic carbocycles. The quantitative estimate of drug-likeness (QED) is 0.176. The fourth-order valence-corrected chi connectivity index (χ4v) is 8.55. The van der Waals surface area contributed by atoms with Gasteiger partial charge in [0, 0.05) is 38.3 Å². The summed E-state index contributed by atoms with van der Waals surface area (Å²) in [6.07, 6.45) is 0. The van der Waals surface area contributed by atoms with Crippen molar-refractivity contribution in [2.24, 2.45) is 0 Å². The topological polar surface area (TPSA) is 16.4 Å². The Bertz CT molecular complexity index is 3740. The predicted octanol–water partition coefficient (Wildman–Crippen LogP) is 15.0. The molecule has 0 spiro atoms. The number of nitrogens with zero attached hydrogens (tertiary/aromatic N) is 1. The lowest BCUT2D eigenvalue weighted by Crippen LogP contribution is -2.16. The number of furan rings is 1. The van der Waals surface area contributed by atoms with E-state index in [1.165, 1.54) is 4.90 Å². The molecular weight excluding hydrogens is 667 g/mol. The Kier molecular flexibility index (Phi) is 4.90. The fourth-order valence-electron chi connectivity index (χ4n) is 8.55. The van der Waals surface area contributed by atoms with Gasteiger partial charge >= 0.3 is 0 Å². The maximum atomic E-state index is 9.84. The molecule has 0 atom stereocenters. The van der Waals surface area contributed by atoms with Crippen LogP contribution < -0.4 is 4.90 Å². The first kappa shape index (κ1) is 22.3. The Morgan fingerprint density at radius 1 is 0.509 bits per heavy atom. The third-order valence-electron chi connectivity index (χ3n) is 11.0. The van der Waals surface area contributed by atoms with Crippen molar-refractivity contribution in [1.29, 1.82) is 0 Å². The van der Waals surface area contributed by atoms with E-state index in [-0.39, 0.29) is 45.5 Å². The molecule has 55 heavy (non-hydrogen) atoms. The molecule has 0 saturated carbocycles. The van der Waals surface area contributed by atoms with Crippen molar-refractivity contribution in [3.05, 3.63) is 199 Å². The highest BCUT2D eigenvalue weighted by Crippen LogP contribution is 2.52. The summed E-state index contributed by atoms with van der Waals surface area (Å²) in [6, 6.07) is 32.5. The lowest BCUT2D eigenvalue weighted by atomic mass is 9.79. The molecule has 0 aliphatic heterocycles. The summed E-state index contributed by atoms with van der Waals surface area (Å²) in [5.41, 5.74) is 6.31. The van der Waals surface area contributed by atoms with Crippen molar-refractivity contribution >= 4 is 60.5 Å². The molecule has 0 amide bonds. The van der Waals surface area contributed by atoms with Crippen LogP contribution in [0.2, 0.25) is 0 Å².